The molecule has 0 bridgehead atoms. The van der Waals surface area contributed by atoms with Gasteiger partial charge in [0.25, 0.3) is 0 Å². The summed E-state index contributed by atoms with van der Waals surface area (Å²) in [7, 11) is 0. The minimum Gasteiger partial charge on any atom is -0.446 e. The molecule has 172 valence electrons. The second-order valence-electron chi connectivity index (χ2n) is 9.18. The summed E-state index contributed by atoms with van der Waals surface area (Å²) in [5.74, 6) is 1.47. The third kappa shape index (κ3) is 4.05. The Morgan fingerprint density at radius 3 is 2.79 bits per heavy atom. The van der Waals surface area contributed by atoms with Gasteiger partial charge in [-0.3, -0.25) is 4.40 Å². The van der Waals surface area contributed by atoms with Gasteiger partial charge in [-0.25, -0.2) is 9.78 Å². The van der Waals surface area contributed by atoms with Crippen molar-refractivity contribution in [2.24, 2.45) is 5.92 Å². The average Bonchev–Trinajstić information content (AvgIpc) is 3.54. The molecule has 3 unspecified atom stereocenters. The second-order valence-corrected chi connectivity index (χ2v) is 9.18. The normalized spacial score (nSPS) is 20.7. The van der Waals surface area contributed by atoms with E-state index in [9.17, 15) is 4.79 Å². The van der Waals surface area contributed by atoms with Gasteiger partial charge in [0.2, 0.25) is 0 Å². The van der Waals surface area contributed by atoms with Crippen LogP contribution in [0.15, 0.2) is 48.8 Å². The lowest BCUT2D eigenvalue weighted by Gasteiger charge is -2.27. The minimum absolute atomic E-state index is 0.0479. The van der Waals surface area contributed by atoms with Crippen molar-refractivity contribution in [3.05, 3.63) is 60.2 Å². The summed E-state index contributed by atoms with van der Waals surface area (Å²) in [4.78, 5) is 22.5. The van der Waals surface area contributed by atoms with Crippen LogP contribution >= 0.6 is 0 Å². The molecular formula is C25H30N6O2. The molecule has 0 radical (unpaired) electrons. The number of fused-ring (bicyclic) bond motifs is 3. The van der Waals surface area contributed by atoms with Crippen LogP contribution in [-0.2, 0) is 11.3 Å². The highest BCUT2D eigenvalue weighted by atomic mass is 16.6. The van der Waals surface area contributed by atoms with Gasteiger partial charge in [-0.1, -0.05) is 43.7 Å². The molecule has 0 spiro atoms. The number of aromatic amines is 1. The van der Waals surface area contributed by atoms with Crippen LogP contribution in [0.4, 0.5) is 4.79 Å². The zero-order chi connectivity index (χ0) is 22.9. The van der Waals surface area contributed by atoms with Crippen LogP contribution in [-0.4, -0.2) is 47.7 Å². The molecule has 5 rings (SSSR count). The lowest BCUT2D eigenvalue weighted by Crippen LogP contribution is -2.38. The molecule has 0 aliphatic heterocycles. The lowest BCUT2D eigenvalue weighted by molar-refractivity contribution is 0.0528. The summed E-state index contributed by atoms with van der Waals surface area (Å²) in [6.07, 6.45) is 5.81. The summed E-state index contributed by atoms with van der Waals surface area (Å²) in [5.41, 5.74) is 3.61. The molecule has 8 heteroatoms. The van der Waals surface area contributed by atoms with Crippen LogP contribution < -0.4 is 0 Å². The van der Waals surface area contributed by atoms with E-state index in [0.717, 1.165) is 47.5 Å². The van der Waals surface area contributed by atoms with Gasteiger partial charge in [0.1, 0.15) is 11.9 Å². The maximum atomic E-state index is 13.1. The number of carbonyl (C=O) groups excluding carboxylic acids is 1. The number of ether oxygens (including phenoxy) is 1. The molecule has 3 atom stereocenters. The predicted molar refractivity (Wildman–Crippen MR) is 126 cm³/mol. The summed E-state index contributed by atoms with van der Waals surface area (Å²) in [5, 5.41) is 8.91. The number of rotatable bonds is 6. The SMILES string of the molecule is CCC1CC(OC(=O)N(Cc2ccccc2)C(C)C)CC1c1nnc2cnc3[nH]ccc3n12. The number of benzene rings is 1. The lowest BCUT2D eigenvalue weighted by atomic mass is 9.93. The minimum atomic E-state index is -0.252. The number of nitrogens with zero attached hydrogens (tertiary/aromatic N) is 5. The zero-order valence-corrected chi connectivity index (χ0v) is 19.3. The van der Waals surface area contributed by atoms with Crippen molar-refractivity contribution in [3.63, 3.8) is 0 Å². The van der Waals surface area contributed by atoms with Crippen molar-refractivity contribution < 1.29 is 9.53 Å². The molecule has 0 saturated heterocycles. The Morgan fingerprint density at radius 2 is 2.03 bits per heavy atom. The Balaban J connectivity index is 1.36. The Hall–Kier alpha value is -3.42. The van der Waals surface area contributed by atoms with Crippen LogP contribution in [0.3, 0.4) is 0 Å². The van der Waals surface area contributed by atoms with Crippen molar-refractivity contribution >= 4 is 22.9 Å². The van der Waals surface area contributed by atoms with Gasteiger partial charge in [-0.2, -0.15) is 0 Å². The standard InChI is InChI=1S/C25H30N6O2/c1-4-18-12-19(33-25(32)30(16(2)3)15-17-8-6-5-7-9-17)13-20(18)24-29-28-22-14-27-23-21(31(22)24)10-11-26-23/h5-11,14,16,18-20,26H,4,12-13,15H2,1-3H3. The van der Waals surface area contributed by atoms with E-state index in [0.29, 0.717) is 12.5 Å². The first-order valence-electron chi connectivity index (χ1n) is 11.7. The van der Waals surface area contributed by atoms with E-state index in [1.54, 1.807) is 11.1 Å². The molecule has 1 aliphatic carbocycles. The highest BCUT2D eigenvalue weighted by molar-refractivity contribution is 5.74. The Bertz CT molecular complexity index is 1250. The Morgan fingerprint density at radius 1 is 1.21 bits per heavy atom. The van der Waals surface area contributed by atoms with Gasteiger partial charge < -0.3 is 14.6 Å². The third-order valence-electron chi connectivity index (χ3n) is 6.80. The first-order chi connectivity index (χ1) is 16.0. The third-order valence-corrected chi connectivity index (χ3v) is 6.80. The maximum Gasteiger partial charge on any atom is 0.410 e. The van der Waals surface area contributed by atoms with Crippen LogP contribution in [0, 0.1) is 5.92 Å². The number of hydrogen-bond donors (Lipinski definition) is 1. The van der Waals surface area contributed by atoms with E-state index >= 15 is 0 Å². The van der Waals surface area contributed by atoms with E-state index in [2.05, 4.69) is 31.5 Å². The van der Waals surface area contributed by atoms with Gasteiger partial charge in [0.15, 0.2) is 11.3 Å². The number of nitrogens with one attached hydrogen (secondary N) is 1. The number of carbonyl (C=O) groups is 1. The smallest absolute Gasteiger partial charge is 0.410 e. The van der Waals surface area contributed by atoms with Crippen LogP contribution in [0.1, 0.15) is 57.3 Å². The fourth-order valence-electron chi connectivity index (χ4n) is 5.02. The number of H-pyrrole nitrogens is 1. The molecular weight excluding hydrogens is 416 g/mol. The van der Waals surface area contributed by atoms with Crippen LogP contribution in [0.5, 0.6) is 0 Å². The van der Waals surface area contributed by atoms with Crippen molar-refractivity contribution in [1.29, 1.82) is 0 Å². The highest BCUT2D eigenvalue weighted by Crippen LogP contribution is 2.42. The second kappa shape index (κ2) is 8.84. The molecule has 1 saturated carbocycles. The van der Waals surface area contributed by atoms with E-state index in [1.807, 2.05) is 56.4 Å². The molecule has 1 aromatic carbocycles. The van der Waals surface area contributed by atoms with E-state index in [1.165, 1.54) is 0 Å². The molecule has 3 aromatic heterocycles. The average molecular weight is 447 g/mol. The maximum absolute atomic E-state index is 13.1. The fourth-order valence-corrected chi connectivity index (χ4v) is 5.02. The number of hydrogen-bond acceptors (Lipinski definition) is 5. The summed E-state index contributed by atoms with van der Waals surface area (Å²) >= 11 is 0. The van der Waals surface area contributed by atoms with Gasteiger partial charge in [-0.15, -0.1) is 10.2 Å². The zero-order valence-electron chi connectivity index (χ0n) is 19.3. The first kappa shape index (κ1) is 21.4. The molecule has 3 heterocycles. The molecule has 1 fully saturated rings. The van der Waals surface area contributed by atoms with Crippen LogP contribution in [0.2, 0.25) is 0 Å². The fraction of sp³-hybridized carbons (Fsp3) is 0.440. The highest BCUT2D eigenvalue weighted by Gasteiger charge is 2.39. The van der Waals surface area contributed by atoms with E-state index in [-0.39, 0.29) is 24.2 Å². The molecule has 1 amide bonds. The van der Waals surface area contributed by atoms with Gasteiger partial charge in [-0.05, 0) is 44.2 Å². The van der Waals surface area contributed by atoms with Gasteiger partial charge in [0, 0.05) is 24.7 Å². The summed E-state index contributed by atoms with van der Waals surface area (Å²) in [6.45, 7) is 6.77. The Labute approximate surface area is 193 Å². The van der Waals surface area contributed by atoms with Crippen LogP contribution in [0.25, 0.3) is 16.8 Å². The Kier molecular flexibility index (Phi) is 5.74. The molecule has 1 aliphatic rings. The van der Waals surface area contributed by atoms with Crippen molar-refractivity contribution in [2.45, 2.75) is 64.6 Å². The van der Waals surface area contributed by atoms with Gasteiger partial charge in [0.05, 0.1) is 11.7 Å². The number of amides is 1. The predicted octanol–water partition coefficient (Wildman–Crippen LogP) is 4.93. The molecule has 4 aromatic rings. The molecule has 33 heavy (non-hydrogen) atoms. The summed E-state index contributed by atoms with van der Waals surface area (Å²) in [6, 6.07) is 12.1. The molecule has 1 N–H and O–H groups in total. The quantitative estimate of drug-likeness (QED) is 0.454. The van der Waals surface area contributed by atoms with Gasteiger partial charge >= 0.3 is 6.09 Å². The molecule has 8 nitrogen and oxygen atoms in total. The van der Waals surface area contributed by atoms with Crippen molar-refractivity contribution in [2.75, 3.05) is 0 Å². The number of aromatic nitrogens is 5. The largest absolute Gasteiger partial charge is 0.446 e. The van der Waals surface area contributed by atoms with Crippen molar-refractivity contribution in [3.8, 4) is 0 Å². The summed E-state index contributed by atoms with van der Waals surface area (Å²) < 4.78 is 8.15. The topological polar surface area (TPSA) is 88.4 Å². The van der Waals surface area contributed by atoms with Crippen molar-refractivity contribution in [1.82, 2.24) is 29.5 Å². The first-order valence-corrected chi connectivity index (χ1v) is 11.7. The van der Waals surface area contributed by atoms with E-state index < -0.39 is 0 Å². The monoisotopic (exact) mass is 446 g/mol. The van der Waals surface area contributed by atoms with E-state index in [4.69, 9.17) is 4.74 Å².